The molecule has 1 unspecified atom stereocenters. The van der Waals surface area contributed by atoms with E-state index in [-0.39, 0.29) is 0 Å². The van der Waals surface area contributed by atoms with Crippen LogP contribution in [0.4, 0.5) is 0 Å². The second kappa shape index (κ2) is 6.69. The molecular formula is C11H19N3S. The highest BCUT2D eigenvalue weighted by atomic mass is 32.1. The van der Waals surface area contributed by atoms with Crippen molar-refractivity contribution in [3.05, 3.63) is 24.0 Å². The van der Waals surface area contributed by atoms with E-state index in [1.54, 1.807) is 0 Å². The molecule has 0 aliphatic rings. The van der Waals surface area contributed by atoms with Crippen LogP contribution in [0.25, 0.3) is 0 Å². The molecule has 0 saturated carbocycles. The standard InChI is InChI=1S/C11H19N3S/c1-4-7-12-10(6-5-9(2)3)11-8-13-15-14-11/h8,10,12H,2,4-7H2,1,3H3. The third kappa shape index (κ3) is 4.53. The van der Waals surface area contributed by atoms with E-state index in [0.717, 1.165) is 31.5 Å². The van der Waals surface area contributed by atoms with Crippen LogP contribution in [0.15, 0.2) is 18.3 Å². The summed E-state index contributed by atoms with van der Waals surface area (Å²) < 4.78 is 8.33. The van der Waals surface area contributed by atoms with Crippen LogP contribution >= 0.6 is 11.7 Å². The van der Waals surface area contributed by atoms with Crippen molar-refractivity contribution in [2.75, 3.05) is 6.54 Å². The van der Waals surface area contributed by atoms with Gasteiger partial charge in [-0.15, -0.1) is 6.58 Å². The minimum Gasteiger partial charge on any atom is -0.309 e. The maximum atomic E-state index is 4.29. The molecule has 4 heteroatoms. The number of rotatable bonds is 7. The summed E-state index contributed by atoms with van der Waals surface area (Å²) >= 11 is 1.27. The van der Waals surface area contributed by atoms with Gasteiger partial charge in [0.15, 0.2) is 0 Å². The summed E-state index contributed by atoms with van der Waals surface area (Å²) in [5, 5.41) is 3.49. The lowest BCUT2D eigenvalue weighted by Gasteiger charge is -2.15. The molecule has 0 aromatic carbocycles. The van der Waals surface area contributed by atoms with Gasteiger partial charge in [0.2, 0.25) is 0 Å². The first-order valence-corrected chi connectivity index (χ1v) is 6.12. The predicted octanol–water partition coefficient (Wildman–Crippen LogP) is 2.94. The maximum absolute atomic E-state index is 4.29. The molecule has 1 aromatic rings. The fourth-order valence-corrected chi connectivity index (χ4v) is 1.86. The van der Waals surface area contributed by atoms with Gasteiger partial charge in [-0.05, 0) is 32.7 Å². The Morgan fingerprint density at radius 2 is 2.47 bits per heavy atom. The van der Waals surface area contributed by atoms with Crippen LogP contribution in [0.3, 0.4) is 0 Å². The third-order valence-electron chi connectivity index (χ3n) is 2.24. The molecule has 1 atom stereocenters. The van der Waals surface area contributed by atoms with Crippen LogP contribution in [-0.2, 0) is 0 Å². The number of hydrogen-bond acceptors (Lipinski definition) is 4. The van der Waals surface area contributed by atoms with Crippen molar-refractivity contribution in [1.29, 1.82) is 0 Å². The summed E-state index contributed by atoms with van der Waals surface area (Å²) in [4.78, 5) is 0. The third-order valence-corrected chi connectivity index (χ3v) is 2.73. The number of hydrogen-bond donors (Lipinski definition) is 1. The number of aromatic nitrogens is 2. The maximum Gasteiger partial charge on any atom is 0.0912 e. The summed E-state index contributed by atoms with van der Waals surface area (Å²) in [6.07, 6.45) is 5.09. The molecule has 0 bridgehead atoms. The average molecular weight is 225 g/mol. The quantitative estimate of drug-likeness (QED) is 0.725. The highest BCUT2D eigenvalue weighted by molar-refractivity contribution is 6.99. The molecule has 3 nitrogen and oxygen atoms in total. The summed E-state index contributed by atoms with van der Waals surface area (Å²) in [6.45, 7) is 9.19. The Kier molecular flexibility index (Phi) is 5.50. The van der Waals surface area contributed by atoms with Crippen LogP contribution < -0.4 is 5.32 Å². The summed E-state index contributed by atoms with van der Waals surface area (Å²) in [5.41, 5.74) is 2.29. The Morgan fingerprint density at radius 1 is 1.67 bits per heavy atom. The molecule has 0 aliphatic carbocycles. The normalized spacial score (nSPS) is 12.7. The molecule has 0 saturated heterocycles. The average Bonchev–Trinajstić information content (AvgIpc) is 2.71. The van der Waals surface area contributed by atoms with Gasteiger partial charge in [-0.3, -0.25) is 0 Å². The van der Waals surface area contributed by atoms with Crippen molar-refractivity contribution >= 4 is 11.7 Å². The van der Waals surface area contributed by atoms with E-state index in [2.05, 4.69) is 34.5 Å². The van der Waals surface area contributed by atoms with Crippen molar-refractivity contribution in [2.24, 2.45) is 0 Å². The van der Waals surface area contributed by atoms with E-state index in [1.165, 1.54) is 17.3 Å². The molecule has 0 amide bonds. The lowest BCUT2D eigenvalue weighted by Crippen LogP contribution is -2.22. The van der Waals surface area contributed by atoms with Crippen LogP contribution in [0.2, 0.25) is 0 Å². The van der Waals surface area contributed by atoms with Gasteiger partial charge in [-0.1, -0.05) is 12.5 Å². The topological polar surface area (TPSA) is 37.8 Å². The Bertz CT molecular complexity index is 282. The first kappa shape index (κ1) is 12.3. The molecule has 1 N–H and O–H groups in total. The summed E-state index contributed by atoms with van der Waals surface area (Å²) in [7, 11) is 0. The highest BCUT2D eigenvalue weighted by Crippen LogP contribution is 2.18. The molecular weight excluding hydrogens is 206 g/mol. The zero-order valence-corrected chi connectivity index (χ0v) is 10.3. The van der Waals surface area contributed by atoms with Crippen molar-refractivity contribution < 1.29 is 0 Å². The summed E-state index contributed by atoms with van der Waals surface area (Å²) in [5.74, 6) is 0. The van der Waals surface area contributed by atoms with Gasteiger partial charge in [-0.25, -0.2) is 0 Å². The second-order valence-corrected chi connectivity index (χ2v) is 4.39. The molecule has 1 aromatic heterocycles. The van der Waals surface area contributed by atoms with Crippen molar-refractivity contribution in [3.63, 3.8) is 0 Å². The zero-order valence-electron chi connectivity index (χ0n) is 9.49. The molecule has 15 heavy (non-hydrogen) atoms. The van der Waals surface area contributed by atoms with Crippen LogP contribution in [-0.4, -0.2) is 15.3 Å². The predicted molar refractivity (Wildman–Crippen MR) is 65.0 cm³/mol. The van der Waals surface area contributed by atoms with Gasteiger partial charge < -0.3 is 5.32 Å². The van der Waals surface area contributed by atoms with Crippen LogP contribution in [0, 0.1) is 0 Å². The lowest BCUT2D eigenvalue weighted by atomic mass is 10.1. The SMILES string of the molecule is C=C(C)CCC(NCCC)c1cnsn1. The zero-order chi connectivity index (χ0) is 11.1. The second-order valence-electron chi connectivity index (χ2n) is 3.83. The van der Waals surface area contributed by atoms with E-state index in [1.807, 2.05) is 6.20 Å². The van der Waals surface area contributed by atoms with Gasteiger partial charge in [0, 0.05) is 0 Å². The van der Waals surface area contributed by atoms with Crippen molar-refractivity contribution in [1.82, 2.24) is 14.1 Å². The Hall–Kier alpha value is -0.740. The number of nitrogens with zero attached hydrogens (tertiary/aromatic N) is 2. The van der Waals surface area contributed by atoms with Crippen LogP contribution in [0.1, 0.15) is 44.8 Å². The van der Waals surface area contributed by atoms with Gasteiger partial charge in [0.25, 0.3) is 0 Å². The molecule has 0 radical (unpaired) electrons. The minimum absolute atomic E-state index is 0.334. The number of allylic oxidation sites excluding steroid dienone is 1. The van der Waals surface area contributed by atoms with Gasteiger partial charge >= 0.3 is 0 Å². The van der Waals surface area contributed by atoms with E-state index >= 15 is 0 Å². The molecule has 84 valence electrons. The Labute approximate surface area is 95.9 Å². The lowest BCUT2D eigenvalue weighted by molar-refractivity contribution is 0.491. The number of nitrogens with one attached hydrogen (secondary N) is 1. The van der Waals surface area contributed by atoms with Crippen LogP contribution in [0.5, 0.6) is 0 Å². The molecule has 0 fully saturated rings. The highest BCUT2D eigenvalue weighted by Gasteiger charge is 2.12. The Balaban J connectivity index is 2.49. The smallest absolute Gasteiger partial charge is 0.0912 e. The van der Waals surface area contributed by atoms with Crippen molar-refractivity contribution in [3.8, 4) is 0 Å². The van der Waals surface area contributed by atoms with Gasteiger partial charge in [0.05, 0.1) is 29.7 Å². The van der Waals surface area contributed by atoms with E-state index in [4.69, 9.17) is 0 Å². The van der Waals surface area contributed by atoms with E-state index in [9.17, 15) is 0 Å². The first-order chi connectivity index (χ1) is 7.24. The van der Waals surface area contributed by atoms with E-state index in [0.29, 0.717) is 6.04 Å². The van der Waals surface area contributed by atoms with Gasteiger partial charge in [0.1, 0.15) is 0 Å². The Morgan fingerprint density at radius 3 is 3.00 bits per heavy atom. The fourth-order valence-electron chi connectivity index (χ4n) is 1.39. The molecule has 0 spiro atoms. The van der Waals surface area contributed by atoms with Gasteiger partial charge in [-0.2, -0.15) is 8.75 Å². The molecule has 1 heterocycles. The van der Waals surface area contributed by atoms with Crippen molar-refractivity contribution in [2.45, 2.75) is 39.2 Å². The molecule has 1 rings (SSSR count). The molecule has 0 aliphatic heterocycles. The largest absolute Gasteiger partial charge is 0.309 e. The first-order valence-electron chi connectivity index (χ1n) is 5.39. The fraction of sp³-hybridized carbons (Fsp3) is 0.636. The van der Waals surface area contributed by atoms with E-state index < -0.39 is 0 Å². The summed E-state index contributed by atoms with van der Waals surface area (Å²) in [6, 6.07) is 0.334. The minimum atomic E-state index is 0.334. The monoisotopic (exact) mass is 225 g/mol.